The monoisotopic (exact) mass is 538 g/mol. The molecule has 0 spiro atoms. The van der Waals surface area contributed by atoms with Gasteiger partial charge >= 0.3 is 12.1 Å². The minimum atomic E-state index is -5.68. The van der Waals surface area contributed by atoms with Gasteiger partial charge in [0.15, 0.2) is 0 Å². The Labute approximate surface area is 212 Å². The average molecular weight is 539 g/mol. The van der Waals surface area contributed by atoms with Crippen LogP contribution in [0, 0.1) is 5.92 Å². The number of fused-ring (bicyclic) bond motifs is 2. The molecule has 3 unspecified atom stereocenters. The number of aliphatic imine (C=N–C) groups is 2. The number of amides is 1. The van der Waals surface area contributed by atoms with Crippen molar-refractivity contribution in [3.8, 4) is 0 Å². The van der Waals surface area contributed by atoms with Crippen molar-refractivity contribution in [1.29, 1.82) is 0 Å². The van der Waals surface area contributed by atoms with Crippen molar-refractivity contribution in [3.63, 3.8) is 0 Å². The SMILES string of the molecule is CC1(c2ccccc2)C(=O)NC2=NC(n3nc(CCC(F)(F)C(F)(F)F)c4cc(Cl)ccc43)N=C(N)C21. The highest BCUT2D eigenvalue weighted by atomic mass is 35.5. The van der Waals surface area contributed by atoms with Crippen molar-refractivity contribution in [2.24, 2.45) is 21.6 Å². The minimum absolute atomic E-state index is 0.0258. The molecule has 1 aromatic heterocycles. The van der Waals surface area contributed by atoms with E-state index in [1.807, 2.05) is 6.07 Å². The van der Waals surface area contributed by atoms with Gasteiger partial charge in [0.2, 0.25) is 12.2 Å². The second-order valence-electron chi connectivity index (χ2n) is 9.13. The molecular formula is C24H20ClF5N6O. The Balaban J connectivity index is 1.54. The third kappa shape index (κ3) is 4.03. The molecule has 0 saturated carbocycles. The van der Waals surface area contributed by atoms with Gasteiger partial charge in [-0.2, -0.15) is 27.1 Å². The molecule has 1 amide bonds. The minimum Gasteiger partial charge on any atom is -0.387 e. The van der Waals surface area contributed by atoms with Crippen LogP contribution < -0.4 is 11.1 Å². The zero-order chi connectivity index (χ0) is 26.8. The van der Waals surface area contributed by atoms with Gasteiger partial charge in [0.1, 0.15) is 11.7 Å². The zero-order valence-electron chi connectivity index (χ0n) is 19.2. The lowest BCUT2D eigenvalue weighted by molar-refractivity contribution is -0.284. The van der Waals surface area contributed by atoms with Crippen LogP contribution in [0.1, 0.15) is 30.9 Å². The number of rotatable bonds is 5. The van der Waals surface area contributed by atoms with E-state index in [1.54, 1.807) is 31.2 Å². The van der Waals surface area contributed by atoms with Crippen LogP contribution in [0.5, 0.6) is 0 Å². The number of amidine groups is 2. The largest absolute Gasteiger partial charge is 0.453 e. The van der Waals surface area contributed by atoms with E-state index < -0.39 is 42.6 Å². The van der Waals surface area contributed by atoms with Crippen molar-refractivity contribution < 1.29 is 26.7 Å². The van der Waals surface area contributed by atoms with Gasteiger partial charge in [0.25, 0.3) is 0 Å². The maximum Gasteiger partial charge on any atom is 0.453 e. The van der Waals surface area contributed by atoms with E-state index in [4.69, 9.17) is 17.3 Å². The molecule has 2 aromatic carbocycles. The number of nitrogens with zero attached hydrogens (tertiary/aromatic N) is 4. The molecule has 3 atom stereocenters. The summed E-state index contributed by atoms with van der Waals surface area (Å²) < 4.78 is 66.7. The topological polar surface area (TPSA) is 97.7 Å². The van der Waals surface area contributed by atoms with Crippen LogP contribution in [-0.2, 0) is 16.6 Å². The van der Waals surface area contributed by atoms with Gasteiger partial charge in [-0.3, -0.25) is 4.79 Å². The quantitative estimate of drug-likeness (QED) is 0.459. The summed E-state index contributed by atoms with van der Waals surface area (Å²) in [6.45, 7) is 1.73. The molecule has 3 aromatic rings. The number of benzene rings is 2. The highest BCUT2D eigenvalue weighted by Crippen LogP contribution is 2.42. The van der Waals surface area contributed by atoms with Gasteiger partial charge < -0.3 is 11.1 Å². The molecule has 0 radical (unpaired) electrons. The average Bonchev–Trinajstić information content (AvgIpc) is 3.32. The molecule has 1 saturated heterocycles. The molecule has 0 aliphatic carbocycles. The van der Waals surface area contributed by atoms with Crippen LogP contribution >= 0.6 is 11.6 Å². The number of carbonyl (C=O) groups excluding carboxylic acids is 1. The second kappa shape index (κ2) is 8.51. The van der Waals surface area contributed by atoms with Crippen LogP contribution in [0.25, 0.3) is 10.9 Å². The summed E-state index contributed by atoms with van der Waals surface area (Å²) in [5.41, 5.74) is 6.32. The Morgan fingerprint density at radius 2 is 1.81 bits per heavy atom. The van der Waals surface area contributed by atoms with Crippen molar-refractivity contribution in [1.82, 2.24) is 15.1 Å². The number of alkyl halides is 5. The molecule has 0 bridgehead atoms. The van der Waals surface area contributed by atoms with Crippen molar-refractivity contribution in [2.75, 3.05) is 0 Å². The third-order valence-corrected chi connectivity index (χ3v) is 7.04. The van der Waals surface area contributed by atoms with Crippen LogP contribution in [-0.4, -0.2) is 39.5 Å². The van der Waals surface area contributed by atoms with E-state index in [-0.39, 0.29) is 33.7 Å². The Bertz CT molecular complexity index is 1450. The fourth-order valence-corrected chi connectivity index (χ4v) is 4.95. The van der Waals surface area contributed by atoms with Crippen LogP contribution in [0.3, 0.4) is 0 Å². The third-order valence-electron chi connectivity index (χ3n) is 6.81. The van der Waals surface area contributed by atoms with Gasteiger partial charge in [-0.15, -0.1) is 0 Å². The van der Waals surface area contributed by atoms with Gasteiger partial charge in [-0.1, -0.05) is 41.9 Å². The van der Waals surface area contributed by atoms with Crippen molar-refractivity contribution >= 4 is 40.1 Å². The number of hydrogen-bond acceptors (Lipinski definition) is 5. The molecule has 194 valence electrons. The molecule has 37 heavy (non-hydrogen) atoms. The first-order chi connectivity index (χ1) is 17.3. The normalized spacial score (nSPS) is 24.0. The van der Waals surface area contributed by atoms with Gasteiger partial charge in [-0.25, -0.2) is 14.7 Å². The lowest BCUT2D eigenvalue weighted by atomic mass is 9.72. The Morgan fingerprint density at radius 1 is 1.11 bits per heavy atom. The molecule has 7 nitrogen and oxygen atoms in total. The summed E-state index contributed by atoms with van der Waals surface area (Å²) in [7, 11) is 0. The summed E-state index contributed by atoms with van der Waals surface area (Å²) in [4.78, 5) is 22.0. The van der Waals surface area contributed by atoms with Crippen LogP contribution in [0.2, 0.25) is 5.02 Å². The smallest absolute Gasteiger partial charge is 0.387 e. The van der Waals surface area contributed by atoms with E-state index >= 15 is 0 Å². The molecule has 3 heterocycles. The maximum atomic E-state index is 13.6. The number of carbonyl (C=O) groups is 1. The molecular weight excluding hydrogens is 519 g/mol. The summed E-state index contributed by atoms with van der Waals surface area (Å²) in [6.07, 6.45) is -8.97. The molecule has 2 aliphatic heterocycles. The summed E-state index contributed by atoms with van der Waals surface area (Å²) >= 11 is 6.06. The van der Waals surface area contributed by atoms with E-state index in [9.17, 15) is 26.7 Å². The van der Waals surface area contributed by atoms with Crippen LogP contribution in [0.15, 0.2) is 58.5 Å². The molecule has 3 N–H and O–H groups in total. The standard InChI is InChI=1S/C24H20ClF5N6O/c1-22(12-5-3-2-4-6-12)17-18(31)32-21(34-19(17)33-20(22)37)36-16-8-7-13(25)11-14(16)15(35-36)9-10-23(26,27)24(28,29)30/h2-8,11,17,21H,9-10H2,1H3,(H2,31,32)(H,33,34,37). The van der Waals surface area contributed by atoms with E-state index in [2.05, 4.69) is 20.4 Å². The Kier molecular flexibility index (Phi) is 5.78. The van der Waals surface area contributed by atoms with E-state index in [1.165, 1.54) is 22.9 Å². The molecule has 13 heteroatoms. The second-order valence-corrected chi connectivity index (χ2v) is 9.56. The number of hydrogen-bond donors (Lipinski definition) is 2. The number of aryl methyl sites for hydroxylation is 1. The first-order valence-electron chi connectivity index (χ1n) is 11.2. The summed E-state index contributed by atoms with van der Waals surface area (Å²) in [6, 6.07) is 13.5. The number of nitrogens with one attached hydrogen (secondary N) is 1. The number of aromatic nitrogens is 2. The highest BCUT2D eigenvalue weighted by molar-refractivity contribution is 6.31. The van der Waals surface area contributed by atoms with Crippen LogP contribution in [0.4, 0.5) is 22.0 Å². The predicted molar refractivity (Wildman–Crippen MR) is 128 cm³/mol. The van der Waals surface area contributed by atoms with E-state index in [0.717, 1.165) is 0 Å². The predicted octanol–water partition coefficient (Wildman–Crippen LogP) is 4.75. The maximum absolute atomic E-state index is 13.6. The molecule has 1 fully saturated rings. The fraction of sp³-hybridized carbons (Fsp3) is 0.333. The van der Waals surface area contributed by atoms with E-state index in [0.29, 0.717) is 11.1 Å². The van der Waals surface area contributed by atoms with Gasteiger partial charge in [0, 0.05) is 16.8 Å². The summed E-state index contributed by atoms with van der Waals surface area (Å²) in [5.74, 6) is -5.54. The zero-order valence-corrected chi connectivity index (χ0v) is 20.0. The van der Waals surface area contributed by atoms with Crippen molar-refractivity contribution in [3.05, 3.63) is 64.8 Å². The number of nitrogens with two attached hydrogens (primary N) is 1. The van der Waals surface area contributed by atoms with Gasteiger partial charge in [-0.05, 0) is 37.1 Å². The lowest BCUT2D eigenvalue weighted by Gasteiger charge is -2.30. The Hall–Kier alpha value is -3.54. The fourth-order valence-electron chi connectivity index (χ4n) is 4.77. The number of halogens is 6. The van der Waals surface area contributed by atoms with Gasteiger partial charge in [0.05, 0.1) is 22.5 Å². The molecule has 5 rings (SSSR count). The first-order valence-corrected chi connectivity index (χ1v) is 11.6. The lowest BCUT2D eigenvalue weighted by Crippen LogP contribution is -2.45. The molecule has 2 aliphatic rings. The first kappa shape index (κ1) is 25.1. The highest BCUT2D eigenvalue weighted by Gasteiger charge is 2.57. The van der Waals surface area contributed by atoms with Crippen molar-refractivity contribution in [2.45, 2.75) is 43.6 Å². The summed E-state index contributed by atoms with van der Waals surface area (Å²) in [5, 5.41) is 7.57. The Morgan fingerprint density at radius 3 is 2.49 bits per heavy atom.